The van der Waals surface area contributed by atoms with E-state index in [1.807, 2.05) is 0 Å². The molecule has 0 aliphatic carbocycles. The minimum Gasteiger partial charge on any atom is -0.505 e. The highest BCUT2D eigenvalue weighted by atomic mass is 35.5. The summed E-state index contributed by atoms with van der Waals surface area (Å²) in [5.41, 5.74) is 0.462. The fourth-order valence-corrected chi connectivity index (χ4v) is 2.21. The third-order valence-corrected chi connectivity index (χ3v) is 3.47. The van der Waals surface area contributed by atoms with Crippen LogP contribution in [0.5, 0.6) is 5.75 Å². The average Bonchev–Trinajstić information content (AvgIpc) is 2.48. The molecule has 0 aliphatic heterocycles. The monoisotopic (exact) mass is 362 g/mol. The summed E-state index contributed by atoms with van der Waals surface area (Å²) in [5, 5.41) is 12.4. The van der Waals surface area contributed by atoms with Crippen LogP contribution in [0.4, 0.5) is 18.9 Å². The van der Waals surface area contributed by atoms with Crippen molar-refractivity contribution < 1.29 is 18.3 Å². The number of hydrogen-bond donors (Lipinski definition) is 2. The maximum Gasteiger partial charge on any atom is 0.416 e. The highest BCUT2D eigenvalue weighted by molar-refractivity contribution is 6.37. The van der Waals surface area contributed by atoms with E-state index in [0.29, 0.717) is 11.3 Å². The van der Waals surface area contributed by atoms with Crippen LogP contribution in [0.15, 0.2) is 41.4 Å². The van der Waals surface area contributed by atoms with Gasteiger partial charge in [0.15, 0.2) is 5.75 Å². The van der Waals surface area contributed by atoms with Gasteiger partial charge in [0.25, 0.3) is 0 Å². The summed E-state index contributed by atoms with van der Waals surface area (Å²) in [5.74, 6) is -0.208. The van der Waals surface area contributed by atoms with E-state index in [1.54, 1.807) is 0 Å². The van der Waals surface area contributed by atoms with Gasteiger partial charge in [-0.15, -0.1) is 0 Å². The van der Waals surface area contributed by atoms with Gasteiger partial charge in [-0.05, 0) is 29.8 Å². The van der Waals surface area contributed by atoms with Crippen LogP contribution < -0.4 is 5.32 Å². The van der Waals surface area contributed by atoms with Gasteiger partial charge in [0.05, 0.1) is 28.5 Å². The van der Waals surface area contributed by atoms with Crippen LogP contribution in [-0.2, 0) is 12.7 Å². The number of anilines is 1. The predicted molar refractivity (Wildman–Crippen MR) is 85.4 cm³/mol. The molecule has 0 amide bonds. The first kappa shape index (κ1) is 17.4. The van der Waals surface area contributed by atoms with Gasteiger partial charge in [0.2, 0.25) is 0 Å². The van der Waals surface area contributed by atoms with Gasteiger partial charge in [-0.3, -0.25) is 4.99 Å². The first-order chi connectivity index (χ1) is 10.8. The molecule has 2 rings (SSSR count). The molecule has 0 fully saturated rings. The summed E-state index contributed by atoms with van der Waals surface area (Å²) >= 11 is 11.5. The number of phenols is 1. The van der Waals surface area contributed by atoms with E-state index < -0.39 is 11.7 Å². The lowest BCUT2D eigenvalue weighted by Gasteiger charge is -2.07. The maximum atomic E-state index is 12.4. The summed E-state index contributed by atoms with van der Waals surface area (Å²) in [6, 6.07) is 7.69. The molecule has 0 spiro atoms. The third-order valence-electron chi connectivity index (χ3n) is 2.89. The van der Waals surface area contributed by atoms with Gasteiger partial charge in [0, 0.05) is 5.69 Å². The topological polar surface area (TPSA) is 44.6 Å². The van der Waals surface area contributed by atoms with Crippen LogP contribution in [0.25, 0.3) is 0 Å². The molecule has 2 aromatic rings. The SMILES string of the molecule is Oc1c(Cl)cc(NC=NCc2ccc(C(F)(F)F)cc2)cc1Cl. The zero-order valence-electron chi connectivity index (χ0n) is 11.5. The smallest absolute Gasteiger partial charge is 0.416 e. The lowest BCUT2D eigenvalue weighted by Crippen LogP contribution is -2.04. The van der Waals surface area contributed by atoms with Gasteiger partial charge >= 0.3 is 6.18 Å². The Bertz CT molecular complexity index is 693. The van der Waals surface area contributed by atoms with Gasteiger partial charge in [-0.25, -0.2) is 0 Å². The molecule has 0 atom stereocenters. The zero-order valence-corrected chi connectivity index (χ0v) is 13.0. The molecule has 0 unspecified atom stereocenters. The van der Waals surface area contributed by atoms with E-state index in [1.165, 1.54) is 30.6 Å². The Kier molecular flexibility index (Phi) is 5.38. The second-order valence-corrected chi connectivity index (χ2v) is 5.41. The highest BCUT2D eigenvalue weighted by Gasteiger charge is 2.29. The maximum absolute atomic E-state index is 12.4. The van der Waals surface area contributed by atoms with Crippen molar-refractivity contribution in [2.24, 2.45) is 4.99 Å². The fraction of sp³-hybridized carbons (Fsp3) is 0.133. The lowest BCUT2D eigenvalue weighted by molar-refractivity contribution is -0.137. The van der Waals surface area contributed by atoms with Crippen molar-refractivity contribution in [2.45, 2.75) is 12.7 Å². The van der Waals surface area contributed by atoms with Crippen LogP contribution in [0.1, 0.15) is 11.1 Å². The Labute approximate surface area is 140 Å². The number of phenolic OH excluding ortho intramolecular Hbond substituents is 1. The van der Waals surface area contributed by atoms with Gasteiger partial charge < -0.3 is 10.4 Å². The Morgan fingerprint density at radius 3 is 2.17 bits per heavy atom. The van der Waals surface area contributed by atoms with Crippen LogP contribution in [-0.4, -0.2) is 11.4 Å². The van der Waals surface area contributed by atoms with Crippen LogP contribution in [0, 0.1) is 0 Å². The second-order valence-electron chi connectivity index (χ2n) is 4.60. The van der Waals surface area contributed by atoms with Crippen LogP contribution >= 0.6 is 23.2 Å². The summed E-state index contributed by atoms with van der Waals surface area (Å²) in [6.45, 7) is 0.213. The summed E-state index contributed by atoms with van der Waals surface area (Å²) in [4.78, 5) is 4.04. The molecular formula is C15H11Cl2F3N2O. The summed E-state index contributed by atoms with van der Waals surface area (Å²) in [7, 11) is 0. The predicted octanol–water partition coefficient (Wildman–Crippen LogP) is 5.36. The second kappa shape index (κ2) is 7.10. The number of aromatic hydroxyl groups is 1. The van der Waals surface area contributed by atoms with Gasteiger partial charge in [0.1, 0.15) is 0 Å². The lowest BCUT2D eigenvalue weighted by atomic mass is 10.1. The van der Waals surface area contributed by atoms with E-state index in [2.05, 4.69) is 10.3 Å². The minimum absolute atomic E-state index is 0.0936. The Balaban J connectivity index is 1.95. The Morgan fingerprint density at radius 2 is 1.65 bits per heavy atom. The molecule has 0 aromatic heterocycles. The number of benzene rings is 2. The van der Waals surface area contributed by atoms with E-state index in [9.17, 15) is 18.3 Å². The Morgan fingerprint density at radius 1 is 1.09 bits per heavy atom. The third kappa shape index (κ3) is 4.77. The van der Waals surface area contributed by atoms with Crippen LogP contribution in [0.2, 0.25) is 10.0 Å². The highest BCUT2D eigenvalue weighted by Crippen LogP contribution is 2.34. The normalized spacial score (nSPS) is 11.9. The van der Waals surface area contributed by atoms with Crippen molar-refractivity contribution in [2.75, 3.05) is 5.32 Å². The fourth-order valence-electron chi connectivity index (χ4n) is 1.72. The molecule has 0 saturated heterocycles. The molecule has 0 saturated carbocycles. The molecule has 0 heterocycles. The summed E-state index contributed by atoms with van der Waals surface area (Å²) in [6.07, 6.45) is -2.97. The molecule has 0 radical (unpaired) electrons. The molecule has 2 N–H and O–H groups in total. The van der Waals surface area contributed by atoms with Crippen molar-refractivity contribution in [1.82, 2.24) is 0 Å². The zero-order chi connectivity index (χ0) is 17.0. The van der Waals surface area contributed by atoms with Crippen LogP contribution in [0.3, 0.4) is 0 Å². The molecule has 0 bridgehead atoms. The standard InChI is InChI=1S/C15H11Cl2F3N2O/c16-12-5-11(6-13(17)14(12)23)22-8-21-7-9-1-3-10(4-2-9)15(18,19)20/h1-6,8,23H,7H2,(H,21,22). The number of rotatable bonds is 4. The van der Waals surface area contributed by atoms with Crippen molar-refractivity contribution >= 4 is 35.2 Å². The first-order valence-corrected chi connectivity index (χ1v) is 7.12. The molecule has 2 aromatic carbocycles. The molecule has 8 heteroatoms. The van der Waals surface area contributed by atoms with Crippen molar-refractivity contribution in [3.63, 3.8) is 0 Å². The molecule has 122 valence electrons. The molecule has 3 nitrogen and oxygen atoms in total. The first-order valence-electron chi connectivity index (χ1n) is 6.36. The quantitative estimate of drug-likeness (QED) is 0.437. The summed E-state index contributed by atoms with van der Waals surface area (Å²) < 4.78 is 37.3. The van der Waals surface area contributed by atoms with E-state index in [4.69, 9.17) is 23.2 Å². The molecule has 23 heavy (non-hydrogen) atoms. The van der Waals surface area contributed by atoms with Gasteiger partial charge in [-0.1, -0.05) is 35.3 Å². The van der Waals surface area contributed by atoms with Gasteiger partial charge in [-0.2, -0.15) is 13.2 Å². The van der Waals surface area contributed by atoms with Crippen molar-refractivity contribution in [3.8, 4) is 5.75 Å². The van der Waals surface area contributed by atoms with E-state index in [0.717, 1.165) is 12.1 Å². The number of nitrogens with zero attached hydrogens (tertiary/aromatic N) is 1. The largest absolute Gasteiger partial charge is 0.505 e. The molecular weight excluding hydrogens is 352 g/mol. The number of aliphatic imine (C=N–C) groups is 1. The number of halogens is 5. The Hall–Kier alpha value is -1.92. The average molecular weight is 363 g/mol. The van der Waals surface area contributed by atoms with Crippen molar-refractivity contribution in [3.05, 3.63) is 57.6 Å². The van der Waals surface area contributed by atoms with E-state index in [-0.39, 0.29) is 22.3 Å². The number of alkyl halides is 3. The minimum atomic E-state index is -4.35. The number of hydrogen-bond acceptors (Lipinski definition) is 2. The number of nitrogens with one attached hydrogen (secondary N) is 1. The van der Waals surface area contributed by atoms with E-state index >= 15 is 0 Å². The van der Waals surface area contributed by atoms with Crippen molar-refractivity contribution in [1.29, 1.82) is 0 Å². The molecule has 0 aliphatic rings.